The van der Waals surface area contributed by atoms with Crippen molar-refractivity contribution in [2.75, 3.05) is 6.66 Å². The maximum Gasteiger partial charge on any atom is 0.183 e. The van der Waals surface area contributed by atoms with Gasteiger partial charge in [-0.25, -0.2) is 0 Å². The molecule has 3 nitrogen and oxygen atoms in total. The van der Waals surface area contributed by atoms with E-state index in [1.807, 2.05) is 13.8 Å². The molecule has 96 valence electrons. The maximum atomic E-state index is 11.1. The van der Waals surface area contributed by atoms with Crippen LogP contribution in [-0.2, 0) is 21.1 Å². The number of rotatable bonds is 3. The lowest BCUT2D eigenvalue weighted by Crippen LogP contribution is -2.24. The van der Waals surface area contributed by atoms with E-state index in [-0.39, 0.29) is 17.8 Å². The maximum absolute atomic E-state index is 11.1. The first-order valence-electron chi connectivity index (χ1n) is 5.87. The predicted molar refractivity (Wildman–Crippen MR) is 71.3 cm³/mol. The Bertz CT molecular complexity index is 254. The number of Topliss-reactive ketones (excluding diaryl/α,β-unsaturated/α-hetero) is 1. The minimum atomic E-state index is -2.53. The standard InChI is InChI=1S/C9H17O3PS.C2H6/c1-7(10)8-3-5-9(6-4-8)12-13(2,11)14;1-2/h8-9H,3-6H2,1-2H3,(H,11,14);1-2H3. The molecule has 1 atom stereocenters. The van der Waals surface area contributed by atoms with Crippen LogP contribution in [0.3, 0.4) is 0 Å². The van der Waals surface area contributed by atoms with Crippen molar-refractivity contribution < 1.29 is 14.2 Å². The average molecular weight is 266 g/mol. The van der Waals surface area contributed by atoms with Crippen LogP contribution >= 0.6 is 6.49 Å². The molecule has 0 aliphatic heterocycles. The molecule has 0 aromatic rings. The summed E-state index contributed by atoms with van der Waals surface area (Å²) < 4.78 is 5.38. The van der Waals surface area contributed by atoms with Crippen LogP contribution in [0.15, 0.2) is 0 Å². The molecule has 0 heterocycles. The molecule has 1 N–H and O–H groups in total. The number of hydrogen-bond acceptors (Lipinski definition) is 3. The Morgan fingerprint density at radius 2 is 1.75 bits per heavy atom. The van der Waals surface area contributed by atoms with Crippen LogP contribution in [0.1, 0.15) is 46.5 Å². The van der Waals surface area contributed by atoms with Gasteiger partial charge in [0.2, 0.25) is 0 Å². The molecule has 16 heavy (non-hydrogen) atoms. The van der Waals surface area contributed by atoms with Gasteiger partial charge in [-0.1, -0.05) is 13.8 Å². The van der Waals surface area contributed by atoms with Gasteiger partial charge in [0.05, 0.1) is 6.10 Å². The lowest BCUT2D eigenvalue weighted by Gasteiger charge is -2.28. The Hall–Kier alpha value is 0.240. The second-order valence-electron chi connectivity index (χ2n) is 3.99. The molecule has 1 unspecified atom stereocenters. The number of hydrogen-bond donors (Lipinski definition) is 1. The average Bonchev–Trinajstić information content (AvgIpc) is 2.19. The summed E-state index contributed by atoms with van der Waals surface area (Å²) in [5, 5.41) is 0. The highest BCUT2D eigenvalue weighted by molar-refractivity contribution is 8.09. The van der Waals surface area contributed by atoms with E-state index in [1.54, 1.807) is 13.6 Å². The van der Waals surface area contributed by atoms with Crippen LogP contribution in [0.5, 0.6) is 0 Å². The molecule has 0 bridgehead atoms. The summed E-state index contributed by atoms with van der Waals surface area (Å²) in [6.07, 6.45) is 3.49. The molecule has 1 fully saturated rings. The second-order valence-corrected chi connectivity index (χ2v) is 7.84. The fraction of sp³-hybridized carbons (Fsp3) is 0.909. The van der Waals surface area contributed by atoms with Gasteiger partial charge in [-0.2, -0.15) is 0 Å². The first kappa shape index (κ1) is 16.2. The second kappa shape index (κ2) is 7.54. The van der Waals surface area contributed by atoms with Crippen LogP contribution in [0.2, 0.25) is 0 Å². The first-order chi connectivity index (χ1) is 7.38. The largest absolute Gasteiger partial charge is 0.345 e. The van der Waals surface area contributed by atoms with E-state index in [2.05, 4.69) is 0 Å². The van der Waals surface area contributed by atoms with Gasteiger partial charge in [0.15, 0.2) is 6.49 Å². The number of ketones is 1. The zero-order valence-corrected chi connectivity index (χ0v) is 12.3. The molecule has 0 aromatic heterocycles. The lowest BCUT2D eigenvalue weighted by atomic mass is 9.85. The summed E-state index contributed by atoms with van der Waals surface area (Å²) in [4.78, 5) is 20.5. The van der Waals surface area contributed by atoms with E-state index in [1.165, 1.54) is 0 Å². The van der Waals surface area contributed by atoms with Gasteiger partial charge in [0.25, 0.3) is 0 Å². The van der Waals surface area contributed by atoms with E-state index in [0.29, 0.717) is 0 Å². The molecule has 1 rings (SSSR count). The van der Waals surface area contributed by atoms with Gasteiger partial charge >= 0.3 is 0 Å². The summed E-state index contributed by atoms with van der Waals surface area (Å²) in [6.45, 7) is 4.68. The molecule has 0 spiro atoms. The number of carbonyl (C=O) groups excluding carboxylic acids is 1. The van der Waals surface area contributed by atoms with Gasteiger partial charge in [-0.15, -0.1) is 0 Å². The Morgan fingerprint density at radius 1 is 1.31 bits per heavy atom. The van der Waals surface area contributed by atoms with Crippen molar-refractivity contribution in [3.63, 3.8) is 0 Å². The molecule has 0 amide bonds. The van der Waals surface area contributed by atoms with Gasteiger partial charge in [0.1, 0.15) is 5.78 Å². The van der Waals surface area contributed by atoms with Gasteiger partial charge in [0, 0.05) is 12.6 Å². The van der Waals surface area contributed by atoms with Crippen LogP contribution in [0.25, 0.3) is 0 Å². The molecule has 0 saturated heterocycles. The lowest BCUT2D eigenvalue weighted by molar-refractivity contribution is -0.122. The van der Waals surface area contributed by atoms with Crippen molar-refractivity contribution in [3.05, 3.63) is 0 Å². The molecule has 1 aliphatic rings. The predicted octanol–water partition coefficient (Wildman–Crippen LogP) is 3.11. The van der Waals surface area contributed by atoms with E-state index in [4.69, 9.17) is 16.3 Å². The summed E-state index contributed by atoms with van der Waals surface area (Å²) in [5.74, 6) is 0.464. The van der Waals surface area contributed by atoms with E-state index in [9.17, 15) is 9.69 Å². The van der Waals surface area contributed by atoms with E-state index in [0.717, 1.165) is 25.7 Å². The van der Waals surface area contributed by atoms with Crippen molar-refractivity contribution >= 4 is 24.1 Å². The van der Waals surface area contributed by atoms with Crippen LogP contribution in [0, 0.1) is 5.92 Å². The highest BCUT2D eigenvalue weighted by atomic mass is 32.5. The van der Waals surface area contributed by atoms with E-state index >= 15 is 0 Å². The Kier molecular flexibility index (Phi) is 7.66. The summed E-state index contributed by atoms with van der Waals surface area (Å²) >= 11 is 4.82. The van der Waals surface area contributed by atoms with Crippen molar-refractivity contribution in [3.8, 4) is 0 Å². The zero-order valence-electron chi connectivity index (χ0n) is 10.6. The minimum Gasteiger partial charge on any atom is -0.345 e. The normalized spacial score (nSPS) is 28.6. The Labute approximate surface area is 104 Å². The van der Waals surface area contributed by atoms with Crippen molar-refractivity contribution in [2.45, 2.75) is 52.6 Å². The quantitative estimate of drug-likeness (QED) is 0.797. The molecule has 1 saturated carbocycles. The summed E-state index contributed by atoms with van der Waals surface area (Å²) in [5.41, 5.74) is 0. The fourth-order valence-corrected chi connectivity index (χ4v) is 2.98. The van der Waals surface area contributed by atoms with E-state index < -0.39 is 6.49 Å². The molecule has 5 heteroatoms. The molecule has 1 aliphatic carbocycles. The van der Waals surface area contributed by atoms with Crippen molar-refractivity contribution in [1.82, 2.24) is 0 Å². The monoisotopic (exact) mass is 266 g/mol. The third kappa shape index (κ3) is 6.74. The highest BCUT2D eigenvalue weighted by Gasteiger charge is 2.26. The number of carbonyl (C=O) groups is 1. The Balaban J connectivity index is 0.00000106. The first-order valence-corrected chi connectivity index (χ1v) is 8.99. The summed E-state index contributed by atoms with van der Waals surface area (Å²) in [7, 11) is 0. The van der Waals surface area contributed by atoms with Gasteiger partial charge < -0.3 is 9.42 Å². The van der Waals surface area contributed by atoms with Crippen LogP contribution < -0.4 is 0 Å². The van der Waals surface area contributed by atoms with Crippen LogP contribution in [0.4, 0.5) is 0 Å². The van der Waals surface area contributed by atoms with Crippen molar-refractivity contribution in [1.29, 1.82) is 0 Å². The van der Waals surface area contributed by atoms with Crippen LogP contribution in [-0.4, -0.2) is 23.4 Å². The topological polar surface area (TPSA) is 46.5 Å². The molecule has 0 aromatic carbocycles. The molecular formula is C11H23O3PS. The smallest absolute Gasteiger partial charge is 0.183 e. The summed E-state index contributed by atoms with van der Waals surface area (Å²) in [6, 6.07) is 0. The third-order valence-electron chi connectivity index (χ3n) is 2.59. The fourth-order valence-electron chi connectivity index (χ4n) is 1.85. The minimum absolute atomic E-state index is 0.0615. The molecular weight excluding hydrogens is 243 g/mol. The Morgan fingerprint density at radius 3 is 2.06 bits per heavy atom. The van der Waals surface area contributed by atoms with Gasteiger partial charge in [-0.05, 0) is 44.4 Å². The van der Waals surface area contributed by atoms with Gasteiger partial charge in [-0.3, -0.25) is 4.79 Å². The SMILES string of the molecule is CC.CC(=O)C1CCC(OP(C)(O)=S)CC1. The zero-order chi connectivity index (χ0) is 12.8. The third-order valence-corrected chi connectivity index (χ3v) is 3.54. The van der Waals surface area contributed by atoms with Crippen molar-refractivity contribution in [2.24, 2.45) is 5.92 Å². The molecule has 0 radical (unpaired) electrons. The highest BCUT2D eigenvalue weighted by Crippen LogP contribution is 2.42.